The minimum Gasteiger partial charge on any atom is -0.496 e. The summed E-state index contributed by atoms with van der Waals surface area (Å²) in [5.74, 6) is 0.723. The van der Waals surface area contributed by atoms with Gasteiger partial charge in [-0.25, -0.2) is 0 Å². The van der Waals surface area contributed by atoms with Crippen LogP contribution in [0.3, 0.4) is 0 Å². The molecule has 4 nitrogen and oxygen atoms in total. The number of benzene rings is 1. The predicted molar refractivity (Wildman–Crippen MR) is 74.7 cm³/mol. The minimum atomic E-state index is 0.0301. The third-order valence-electron chi connectivity index (χ3n) is 3.13. The van der Waals surface area contributed by atoms with Gasteiger partial charge in [-0.05, 0) is 23.1 Å². The van der Waals surface area contributed by atoms with Gasteiger partial charge in [0, 0.05) is 5.56 Å². The number of aromatic amines is 1. The summed E-state index contributed by atoms with van der Waals surface area (Å²) in [6.07, 6.45) is 2.31. The number of H-pyrrole nitrogens is 1. The molecule has 4 heteroatoms. The Morgan fingerprint density at radius 3 is 2.63 bits per heavy atom. The van der Waals surface area contributed by atoms with Gasteiger partial charge in [-0.3, -0.25) is 9.89 Å². The van der Waals surface area contributed by atoms with E-state index in [0.29, 0.717) is 11.3 Å². The van der Waals surface area contributed by atoms with Crippen molar-refractivity contribution in [3.63, 3.8) is 0 Å². The molecule has 0 amide bonds. The highest BCUT2D eigenvalue weighted by molar-refractivity contribution is 5.87. The molecule has 1 aromatic heterocycles. The first-order valence-corrected chi connectivity index (χ1v) is 6.15. The molecule has 19 heavy (non-hydrogen) atoms. The van der Waals surface area contributed by atoms with E-state index in [1.165, 1.54) is 11.8 Å². The highest BCUT2D eigenvalue weighted by Gasteiger charge is 2.18. The molecule has 100 valence electrons. The van der Waals surface area contributed by atoms with E-state index in [1.807, 2.05) is 18.2 Å². The topological polar surface area (TPSA) is 55.0 Å². The quantitative estimate of drug-likeness (QED) is 0.860. The standard InChI is InChI=1S/C15H18N2O2/c1-15(2,3)11-5-6-13(19-4)12(7-11)14-10(9-18)8-16-17-14/h5-9H,1-4H3,(H,16,17). The molecule has 0 radical (unpaired) electrons. The van der Waals surface area contributed by atoms with Crippen molar-refractivity contribution >= 4 is 6.29 Å². The highest BCUT2D eigenvalue weighted by atomic mass is 16.5. The molecule has 1 N–H and O–H groups in total. The third kappa shape index (κ3) is 2.52. The van der Waals surface area contributed by atoms with Crippen LogP contribution in [-0.4, -0.2) is 23.6 Å². The van der Waals surface area contributed by atoms with Gasteiger partial charge in [-0.15, -0.1) is 0 Å². The number of methoxy groups -OCH3 is 1. The zero-order valence-corrected chi connectivity index (χ0v) is 11.7. The number of carbonyl (C=O) groups is 1. The SMILES string of the molecule is COc1ccc(C(C)(C)C)cc1-c1[nH]ncc1C=O. The Morgan fingerprint density at radius 1 is 1.32 bits per heavy atom. The Hall–Kier alpha value is -2.10. The largest absolute Gasteiger partial charge is 0.496 e. The van der Waals surface area contributed by atoms with Crippen LogP contribution in [0.2, 0.25) is 0 Å². The second kappa shape index (κ2) is 4.88. The van der Waals surface area contributed by atoms with E-state index in [-0.39, 0.29) is 5.41 Å². The lowest BCUT2D eigenvalue weighted by Crippen LogP contribution is -2.11. The van der Waals surface area contributed by atoms with Gasteiger partial charge in [0.15, 0.2) is 6.29 Å². The normalized spacial score (nSPS) is 11.4. The zero-order valence-electron chi connectivity index (χ0n) is 11.7. The van der Waals surface area contributed by atoms with Crippen molar-refractivity contribution in [2.24, 2.45) is 0 Å². The molecule has 0 unspecified atom stereocenters. The summed E-state index contributed by atoms with van der Waals surface area (Å²) >= 11 is 0. The molecule has 0 bridgehead atoms. The monoisotopic (exact) mass is 258 g/mol. The zero-order chi connectivity index (χ0) is 14.0. The van der Waals surface area contributed by atoms with Crippen LogP contribution in [0.25, 0.3) is 11.3 Å². The Morgan fingerprint density at radius 2 is 2.05 bits per heavy atom. The fraction of sp³-hybridized carbons (Fsp3) is 0.333. The lowest BCUT2D eigenvalue weighted by Gasteiger charge is -2.21. The molecular weight excluding hydrogens is 240 g/mol. The van der Waals surface area contributed by atoms with Crippen LogP contribution in [0.15, 0.2) is 24.4 Å². The summed E-state index contributed by atoms with van der Waals surface area (Å²) in [6.45, 7) is 6.44. The first-order chi connectivity index (χ1) is 8.97. The summed E-state index contributed by atoms with van der Waals surface area (Å²) < 4.78 is 5.37. The maximum Gasteiger partial charge on any atom is 0.153 e. The maximum atomic E-state index is 11.0. The van der Waals surface area contributed by atoms with E-state index >= 15 is 0 Å². The molecule has 0 saturated heterocycles. The van der Waals surface area contributed by atoms with Crippen LogP contribution < -0.4 is 4.74 Å². The van der Waals surface area contributed by atoms with Crippen LogP contribution in [0, 0.1) is 0 Å². The molecule has 0 spiro atoms. The fourth-order valence-electron chi connectivity index (χ4n) is 1.97. The molecule has 0 aliphatic heterocycles. The van der Waals surface area contributed by atoms with Gasteiger partial charge in [0.05, 0.1) is 24.6 Å². The minimum absolute atomic E-state index is 0.0301. The number of hydrogen-bond donors (Lipinski definition) is 1. The van der Waals surface area contributed by atoms with E-state index < -0.39 is 0 Å². The second-order valence-corrected chi connectivity index (χ2v) is 5.48. The molecule has 0 aliphatic carbocycles. The number of nitrogens with zero attached hydrogens (tertiary/aromatic N) is 1. The number of ether oxygens (including phenoxy) is 1. The van der Waals surface area contributed by atoms with Gasteiger partial charge < -0.3 is 4.74 Å². The van der Waals surface area contributed by atoms with Crippen LogP contribution in [0.1, 0.15) is 36.7 Å². The van der Waals surface area contributed by atoms with Gasteiger partial charge in [0.2, 0.25) is 0 Å². The lowest BCUT2D eigenvalue weighted by atomic mass is 9.85. The molecule has 2 aromatic rings. The van der Waals surface area contributed by atoms with Crippen molar-refractivity contribution in [2.75, 3.05) is 7.11 Å². The van der Waals surface area contributed by atoms with Crippen molar-refractivity contribution in [1.29, 1.82) is 0 Å². The third-order valence-corrected chi connectivity index (χ3v) is 3.13. The highest BCUT2D eigenvalue weighted by Crippen LogP contribution is 2.34. The number of aldehydes is 1. The van der Waals surface area contributed by atoms with E-state index in [2.05, 4.69) is 31.0 Å². The average molecular weight is 258 g/mol. The number of hydrogen-bond acceptors (Lipinski definition) is 3. The first-order valence-electron chi connectivity index (χ1n) is 6.15. The molecule has 1 aromatic carbocycles. The van der Waals surface area contributed by atoms with Crippen LogP contribution >= 0.6 is 0 Å². The molecule has 0 fully saturated rings. The van der Waals surface area contributed by atoms with E-state index in [4.69, 9.17) is 4.74 Å². The molecule has 1 heterocycles. The van der Waals surface area contributed by atoms with Gasteiger partial charge in [0.1, 0.15) is 5.75 Å². The molecular formula is C15H18N2O2. The summed E-state index contributed by atoms with van der Waals surface area (Å²) in [6, 6.07) is 6.00. The van der Waals surface area contributed by atoms with Crippen molar-refractivity contribution < 1.29 is 9.53 Å². The Bertz CT molecular complexity index is 594. The lowest BCUT2D eigenvalue weighted by molar-refractivity contribution is 0.112. The van der Waals surface area contributed by atoms with Gasteiger partial charge in [-0.2, -0.15) is 5.10 Å². The van der Waals surface area contributed by atoms with Crippen molar-refractivity contribution in [2.45, 2.75) is 26.2 Å². The molecule has 2 rings (SSSR count). The van der Waals surface area contributed by atoms with Crippen LogP contribution in [-0.2, 0) is 5.41 Å². The summed E-state index contributed by atoms with van der Waals surface area (Å²) in [4.78, 5) is 11.0. The van der Waals surface area contributed by atoms with E-state index in [0.717, 1.165) is 17.6 Å². The molecule has 0 saturated carbocycles. The van der Waals surface area contributed by atoms with Crippen molar-refractivity contribution in [3.05, 3.63) is 35.5 Å². The number of carbonyl (C=O) groups excluding carboxylic acids is 1. The second-order valence-electron chi connectivity index (χ2n) is 5.48. The smallest absolute Gasteiger partial charge is 0.153 e. The van der Waals surface area contributed by atoms with Gasteiger partial charge in [-0.1, -0.05) is 26.8 Å². The van der Waals surface area contributed by atoms with Crippen molar-refractivity contribution in [3.8, 4) is 17.0 Å². The fourth-order valence-corrected chi connectivity index (χ4v) is 1.97. The van der Waals surface area contributed by atoms with Crippen LogP contribution in [0.4, 0.5) is 0 Å². The molecule has 0 atom stereocenters. The maximum absolute atomic E-state index is 11.0. The number of rotatable bonds is 3. The van der Waals surface area contributed by atoms with Crippen LogP contribution in [0.5, 0.6) is 5.75 Å². The molecule has 0 aliphatic rings. The van der Waals surface area contributed by atoms with E-state index in [9.17, 15) is 4.79 Å². The Balaban J connectivity index is 2.63. The summed E-state index contributed by atoms with van der Waals surface area (Å²) in [5, 5.41) is 6.79. The summed E-state index contributed by atoms with van der Waals surface area (Å²) in [7, 11) is 1.62. The predicted octanol–water partition coefficient (Wildman–Crippen LogP) is 3.20. The van der Waals surface area contributed by atoms with Gasteiger partial charge in [0.25, 0.3) is 0 Å². The van der Waals surface area contributed by atoms with E-state index in [1.54, 1.807) is 7.11 Å². The first kappa shape index (κ1) is 13.3. The Kier molecular flexibility index (Phi) is 3.42. The Labute approximate surface area is 112 Å². The van der Waals surface area contributed by atoms with Crippen molar-refractivity contribution in [1.82, 2.24) is 10.2 Å². The summed E-state index contributed by atoms with van der Waals surface area (Å²) in [5.41, 5.74) is 3.29. The number of nitrogens with one attached hydrogen (secondary N) is 1. The average Bonchev–Trinajstić information content (AvgIpc) is 2.85. The van der Waals surface area contributed by atoms with Gasteiger partial charge >= 0.3 is 0 Å². The number of aromatic nitrogens is 2.